The lowest BCUT2D eigenvalue weighted by molar-refractivity contribution is -0.148. The molecule has 0 spiro atoms. The van der Waals surface area contributed by atoms with Crippen LogP contribution in [0.25, 0.3) is 0 Å². The van der Waals surface area contributed by atoms with Gasteiger partial charge in [-0.25, -0.2) is 0 Å². The van der Waals surface area contributed by atoms with Crippen molar-refractivity contribution < 1.29 is 13.2 Å². The average Bonchev–Trinajstić information content (AvgIpc) is 3.05. The number of likely N-dealkylation sites (N-methyl/N-ethyl adjacent to an activating group) is 1. The van der Waals surface area contributed by atoms with Crippen LogP contribution >= 0.6 is 24.0 Å². The van der Waals surface area contributed by atoms with Crippen LogP contribution in [0.5, 0.6) is 0 Å². The zero-order valence-corrected chi connectivity index (χ0v) is 18.9. The predicted octanol–water partition coefficient (Wildman–Crippen LogP) is 2.92. The number of hydrogen-bond acceptors (Lipinski definition) is 3. The molecule has 27 heavy (non-hydrogen) atoms. The summed E-state index contributed by atoms with van der Waals surface area (Å²) < 4.78 is 37.3. The van der Waals surface area contributed by atoms with Gasteiger partial charge in [-0.3, -0.25) is 14.8 Å². The van der Waals surface area contributed by atoms with Gasteiger partial charge in [0.2, 0.25) is 0 Å². The van der Waals surface area contributed by atoms with Crippen LogP contribution in [0.3, 0.4) is 0 Å². The second kappa shape index (κ2) is 12.3. The van der Waals surface area contributed by atoms with Crippen LogP contribution in [0.1, 0.15) is 39.0 Å². The monoisotopic (exact) mass is 505 g/mol. The van der Waals surface area contributed by atoms with E-state index in [0.29, 0.717) is 25.0 Å². The van der Waals surface area contributed by atoms with E-state index >= 15 is 0 Å². The van der Waals surface area contributed by atoms with Gasteiger partial charge in [-0.1, -0.05) is 6.92 Å². The third-order valence-corrected chi connectivity index (χ3v) is 5.59. The van der Waals surface area contributed by atoms with Crippen molar-refractivity contribution >= 4 is 29.9 Å². The number of piperidine rings is 1. The first kappa shape index (κ1) is 24.7. The van der Waals surface area contributed by atoms with Crippen molar-refractivity contribution in [2.45, 2.75) is 51.2 Å². The zero-order chi connectivity index (χ0) is 19.0. The van der Waals surface area contributed by atoms with E-state index < -0.39 is 12.7 Å². The summed E-state index contributed by atoms with van der Waals surface area (Å²) in [6, 6.07) is 0.580. The van der Waals surface area contributed by atoms with Crippen molar-refractivity contribution in [1.29, 1.82) is 0 Å². The van der Waals surface area contributed by atoms with Gasteiger partial charge in [-0.2, -0.15) is 13.2 Å². The van der Waals surface area contributed by atoms with Crippen LogP contribution in [0.4, 0.5) is 13.2 Å². The number of hydrogen-bond donors (Lipinski definition) is 2. The van der Waals surface area contributed by atoms with Crippen LogP contribution in [0.2, 0.25) is 0 Å². The fraction of sp³-hybridized carbons (Fsp3) is 0.944. The highest BCUT2D eigenvalue weighted by atomic mass is 127. The lowest BCUT2D eigenvalue weighted by Crippen LogP contribution is -2.45. The van der Waals surface area contributed by atoms with Gasteiger partial charge in [0.05, 0.1) is 6.54 Å². The Kier molecular flexibility index (Phi) is 11.3. The molecule has 0 amide bonds. The molecule has 0 aromatic carbocycles. The van der Waals surface area contributed by atoms with E-state index in [9.17, 15) is 13.2 Å². The highest BCUT2D eigenvalue weighted by Gasteiger charge is 2.32. The second-order valence-electron chi connectivity index (χ2n) is 7.43. The number of halogens is 4. The molecule has 9 heteroatoms. The van der Waals surface area contributed by atoms with E-state index in [1.165, 1.54) is 24.3 Å². The van der Waals surface area contributed by atoms with Gasteiger partial charge in [-0.05, 0) is 64.2 Å². The highest BCUT2D eigenvalue weighted by molar-refractivity contribution is 14.0. The van der Waals surface area contributed by atoms with E-state index in [1.807, 2.05) is 0 Å². The Bertz CT molecular complexity index is 439. The third kappa shape index (κ3) is 9.17. The lowest BCUT2D eigenvalue weighted by atomic mass is 9.93. The first-order chi connectivity index (χ1) is 12.4. The first-order valence-electron chi connectivity index (χ1n) is 9.89. The standard InChI is InChI=1S/C18H34F3N5.HI/c1-3-26-10-4-5-16(26)13-24-17(22-2)23-9-6-15-7-11-25(12-8-15)14-18(19,20)21;/h15-16H,3-14H2,1-2H3,(H2,22,23,24);1H. The zero-order valence-electron chi connectivity index (χ0n) is 16.5. The highest BCUT2D eigenvalue weighted by Crippen LogP contribution is 2.24. The molecule has 2 aliphatic heterocycles. The molecule has 0 aromatic rings. The van der Waals surface area contributed by atoms with Gasteiger partial charge in [0, 0.05) is 26.2 Å². The van der Waals surface area contributed by atoms with E-state index in [-0.39, 0.29) is 24.0 Å². The summed E-state index contributed by atoms with van der Waals surface area (Å²) in [5.74, 6) is 1.32. The molecule has 2 heterocycles. The minimum atomic E-state index is -4.08. The number of nitrogens with zero attached hydrogens (tertiary/aromatic N) is 3. The molecule has 2 fully saturated rings. The van der Waals surface area contributed by atoms with Crippen LogP contribution in [0, 0.1) is 5.92 Å². The molecule has 1 unspecified atom stereocenters. The summed E-state index contributed by atoms with van der Waals surface area (Å²) in [7, 11) is 1.77. The lowest BCUT2D eigenvalue weighted by Gasteiger charge is -2.32. The number of rotatable bonds is 7. The molecular formula is C18H35F3IN5. The molecular weight excluding hydrogens is 470 g/mol. The molecule has 1 atom stereocenters. The van der Waals surface area contributed by atoms with Crippen molar-refractivity contribution in [2.24, 2.45) is 10.9 Å². The minimum absolute atomic E-state index is 0. The van der Waals surface area contributed by atoms with Gasteiger partial charge in [0.25, 0.3) is 0 Å². The normalized spacial score (nSPS) is 23.3. The van der Waals surface area contributed by atoms with Gasteiger partial charge in [0.1, 0.15) is 0 Å². The van der Waals surface area contributed by atoms with E-state index in [0.717, 1.165) is 44.9 Å². The number of likely N-dealkylation sites (tertiary alicyclic amines) is 2. The summed E-state index contributed by atoms with van der Waals surface area (Å²) in [5.41, 5.74) is 0. The molecule has 0 bridgehead atoms. The first-order valence-corrected chi connectivity index (χ1v) is 9.89. The summed E-state index contributed by atoms with van der Waals surface area (Å²) >= 11 is 0. The molecule has 2 saturated heterocycles. The molecule has 2 N–H and O–H groups in total. The summed E-state index contributed by atoms with van der Waals surface area (Å²) in [4.78, 5) is 8.29. The van der Waals surface area contributed by atoms with Crippen molar-refractivity contribution in [3.05, 3.63) is 0 Å². The van der Waals surface area contributed by atoms with Gasteiger partial charge in [-0.15, -0.1) is 24.0 Å². The Morgan fingerprint density at radius 2 is 1.81 bits per heavy atom. The summed E-state index contributed by atoms with van der Waals surface area (Å²) in [6.45, 7) is 6.51. The van der Waals surface area contributed by atoms with Crippen LogP contribution < -0.4 is 10.6 Å². The third-order valence-electron chi connectivity index (χ3n) is 5.59. The summed E-state index contributed by atoms with van der Waals surface area (Å²) in [6.07, 6.45) is 1.08. The smallest absolute Gasteiger partial charge is 0.356 e. The van der Waals surface area contributed by atoms with Gasteiger partial charge in [0.15, 0.2) is 5.96 Å². The van der Waals surface area contributed by atoms with E-state index in [4.69, 9.17) is 0 Å². The molecule has 2 rings (SSSR count). The van der Waals surface area contributed by atoms with E-state index in [1.54, 1.807) is 7.05 Å². The maximum atomic E-state index is 12.4. The molecule has 5 nitrogen and oxygen atoms in total. The second-order valence-corrected chi connectivity index (χ2v) is 7.43. The van der Waals surface area contributed by atoms with Crippen LogP contribution in [-0.2, 0) is 0 Å². The van der Waals surface area contributed by atoms with Crippen molar-refractivity contribution in [3.8, 4) is 0 Å². The topological polar surface area (TPSA) is 42.9 Å². The van der Waals surface area contributed by atoms with Crippen molar-refractivity contribution in [2.75, 3.05) is 52.9 Å². The largest absolute Gasteiger partial charge is 0.401 e. The Hall–Kier alpha value is -0.290. The SMILES string of the molecule is CCN1CCCC1CNC(=NC)NCCC1CCN(CC(F)(F)F)CC1.I. The predicted molar refractivity (Wildman–Crippen MR) is 115 cm³/mol. The average molecular weight is 505 g/mol. The maximum absolute atomic E-state index is 12.4. The molecule has 160 valence electrons. The van der Waals surface area contributed by atoms with Crippen LogP contribution in [0.15, 0.2) is 4.99 Å². The minimum Gasteiger partial charge on any atom is -0.356 e. The molecule has 2 aliphatic rings. The summed E-state index contributed by atoms with van der Waals surface area (Å²) in [5, 5.41) is 6.76. The number of guanidine groups is 1. The molecule has 0 saturated carbocycles. The molecule has 0 aromatic heterocycles. The molecule has 0 aliphatic carbocycles. The quantitative estimate of drug-likeness (QED) is 0.318. The number of nitrogens with one attached hydrogen (secondary N) is 2. The Balaban J connectivity index is 0.00000364. The van der Waals surface area contributed by atoms with Crippen molar-refractivity contribution in [3.63, 3.8) is 0 Å². The van der Waals surface area contributed by atoms with Gasteiger partial charge < -0.3 is 10.6 Å². The fourth-order valence-corrected chi connectivity index (χ4v) is 4.06. The number of aliphatic imine (C=N–C) groups is 1. The Labute approximate surface area is 178 Å². The van der Waals surface area contributed by atoms with E-state index in [2.05, 4.69) is 27.4 Å². The Morgan fingerprint density at radius 3 is 2.41 bits per heavy atom. The Morgan fingerprint density at radius 1 is 1.11 bits per heavy atom. The maximum Gasteiger partial charge on any atom is 0.401 e. The van der Waals surface area contributed by atoms with Crippen molar-refractivity contribution in [1.82, 2.24) is 20.4 Å². The number of alkyl halides is 3. The van der Waals surface area contributed by atoms with Gasteiger partial charge >= 0.3 is 6.18 Å². The fourth-order valence-electron chi connectivity index (χ4n) is 4.06. The van der Waals surface area contributed by atoms with Crippen LogP contribution in [-0.4, -0.2) is 80.8 Å². The molecule has 0 radical (unpaired) electrons.